The average Bonchev–Trinajstić information content (AvgIpc) is 2.53. The van der Waals surface area contributed by atoms with Crippen LogP contribution in [0.2, 0.25) is 0 Å². The van der Waals surface area contributed by atoms with Gasteiger partial charge in [0.25, 0.3) is 0 Å². The topological polar surface area (TPSA) is 83.5 Å². The Labute approximate surface area is 146 Å². The molecule has 0 saturated heterocycles. The molecule has 0 fully saturated rings. The molecule has 0 aliphatic carbocycles. The Morgan fingerprint density at radius 2 is 1.79 bits per heavy atom. The summed E-state index contributed by atoms with van der Waals surface area (Å²) in [6, 6.07) is 14.1. The number of thioether (sulfide) groups is 1. The highest BCUT2D eigenvalue weighted by molar-refractivity contribution is 7.99. The van der Waals surface area contributed by atoms with Crippen LogP contribution >= 0.6 is 11.8 Å². The number of sulfonamides is 1. The Balaban J connectivity index is 1.84. The second kappa shape index (κ2) is 8.32. The molecule has 0 aliphatic heterocycles. The van der Waals surface area contributed by atoms with Gasteiger partial charge in [-0.25, -0.2) is 13.1 Å². The predicted molar refractivity (Wildman–Crippen MR) is 94.9 cm³/mol. The summed E-state index contributed by atoms with van der Waals surface area (Å²) in [6.07, 6.45) is 0.00116. The lowest BCUT2D eigenvalue weighted by Gasteiger charge is -2.09. The predicted octanol–water partition coefficient (Wildman–Crippen LogP) is 2.69. The third-order valence-corrected chi connectivity index (χ3v) is 5.96. The first-order valence-corrected chi connectivity index (χ1v) is 9.84. The summed E-state index contributed by atoms with van der Waals surface area (Å²) in [4.78, 5) is 11.9. The van der Waals surface area contributed by atoms with Crippen molar-refractivity contribution in [2.24, 2.45) is 0 Å². The monoisotopic (exact) mass is 365 g/mol. The largest absolute Gasteiger partial charge is 0.481 e. The number of hydrogen-bond donors (Lipinski definition) is 2. The van der Waals surface area contributed by atoms with Crippen molar-refractivity contribution < 1.29 is 18.3 Å². The minimum absolute atomic E-state index is 0.00116. The molecule has 0 heterocycles. The third-order valence-electron chi connectivity index (χ3n) is 3.32. The van der Waals surface area contributed by atoms with Gasteiger partial charge in [-0.1, -0.05) is 30.3 Å². The van der Waals surface area contributed by atoms with Gasteiger partial charge in [-0.2, -0.15) is 0 Å². The maximum Gasteiger partial charge on any atom is 0.307 e. The number of rotatable bonds is 8. The van der Waals surface area contributed by atoms with Crippen LogP contribution in [0.3, 0.4) is 0 Å². The van der Waals surface area contributed by atoms with Gasteiger partial charge in [-0.3, -0.25) is 4.79 Å². The number of carboxylic acids is 1. The van der Waals surface area contributed by atoms with Gasteiger partial charge in [0.05, 0.1) is 11.3 Å². The van der Waals surface area contributed by atoms with E-state index in [1.165, 1.54) is 11.8 Å². The van der Waals surface area contributed by atoms with Gasteiger partial charge in [0.15, 0.2) is 0 Å². The molecular weight excluding hydrogens is 346 g/mol. The lowest BCUT2D eigenvalue weighted by atomic mass is 10.2. The van der Waals surface area contributed by atoms with Crippen molar-refractivity contribution in [1.29, 1.82) is 0 Å². The van der Waals surface area contributed by atoms with Crippen molar-refractivity contribution >= 4 is 27.8 Å². The molecule has 5 nitrogen and oxygen atoms in total. The summed E-state index contributed by atoms with van der Waals surface area (Å²) in [5.41, 5.74) is 1.46. The number of carboxylic acid groups (broad SMARTS) is 1. The van der Waals surface area contributed by atoms with Gasteiger partial charge >= 0.3 is 5.97 Å². The molecule has 7 heteroatoms. The van der Waals surface area contributed by atoms with Gasteiger partial charge < -0.3 is 5.11 Å². The van der Waals surface area contributed by atoms with Crippen LogP contribution < -0.4 is 4.72 Å². The molecule has 0 saturated carbocycles. The van der Waals surface area contributed by atoms with Gasteiger partial charge in [0, 0.05) is 17.2 Å². The van der Waals surface area contributed by atoms with E-state index in [1.807, 2.05) is 12.1 Å². The third kappa shape index (κ3) is 5.36. The molecule has 2 rings (SSSR count). The molecule has 2 aromatic rings. The zero-order chi connectivity index (χ0) is 17.6. The fourth-order valence-electron chi connectivity index (χ4n) is 2.16. The standard InChI is InChI=1S/C17H19NO4S2/c1-13-4-2-3-5-16(13)24(21,22)18-10-11-23-15-8-6-14(7-9-15)12-17(19)20/h2-9,18H,10-12H2,1H3,(H,19,20). The van der Waals surface area contributed by atoms with Crippen LogP contribution in [-0.4, -0.2) is 31.8 Å². The minimum atomic E-state index is -3.49. The maximum atomic E-state index is 12.2. The Morgan fingerprint density at radius 1 is 1.12 bits per heavy atom. The molecule has 0 amide bonds. The van der Waals surface area contributed by atoms with E-state index in [2.05, 4.69) is 4.72 Å². The van der Waals surface area contributed by atoms with Crippen LogP contribution in [0.5, 0.6) is 0 Å². The van der Waals surface area contributed by atoms with Crippen LogP contribution in [0.4, 0.5) is 0 Å². The normalized spacial score (nSPS) is 11.4. The zero-order valence-corrected chi connectivity index (χ0v) is 14.9. The van der Waals surface area contributed by atoms with E-state index in [0.29, 0.717) is 22.8 Å². The van der Waals surface area contributed by atoms with Crippen molar-refractivity contribution in [2.45, 2.75) is 23.1 Å². The lowest BCUT2D eigenvalue weighted by Crippen LogP contribution is -2.26. The molecule has 24 heavy (non-hydrogen) atoms. The SMILES string of the molecule is Cc1ccccc1S(=O)(=O)NCCSc1ccc(CC(=O)O)cc1. The highest BCUT2D eigenvalue weighted by Gasteiger charge is 2.15. The number of hydrogen-bond acceptors (Lipinski definition) is 4. The van der Waals surface area contributed by atoms with Crippen LogP contribution in [-0.2, 0) is 21.2 Å². The first-order chi connectivity index (χ1) is 11.4. The smallest absolute Gasteiger partial charge is 0.307 e. The number of nitrogens with one attached hydrogen (secondary N) is 1. The first kappa shape index (κ1) is 18.5. The van der Waals surface area contributed by atoms with Crippen molar-refractivity contribution in [3.05, 3.63) is 59.7 Å². The number of aryl methyl sites for hydroxylation is 1. The molecule has 0 aromatic heterocycles. The van der Waals surface area contributed by atoms with Crippen LogP contribution in [0, 0.1) is 6.92 Å². The van der Waals surface area contributed by atoms with Crippen LogP contribution in [0.25, 0.3) is 0 Å². The van der Waals surface area contributed by atoms with E-state index in [4.69, 9.17) is 5.11 Å². The van der Waals surface area contributed by atoms with E-state index in [1.54, 1.807) is 43.3 Å². The Bertz CT molecular complexity index is 802. The summed E-state index contributed by atoms with van der Waals surface area (Å²) in [5, 5.41) is 8.73. The number of benzene rings is 2. The molecule has 0 radical (unpaired) electrons. The van der Waals surface area contributed by atoms with Crippen molar-refractivity contribution in [2.75, 3.05) is 12.3 Å². The molecule has 0 unspecified atom stereocenters. The molecular formula is C17H19NO4S2. The van der Waals surface area contributed by atoms with E-state index < -0.39 is 16.0 Å². The summed E-state index contributed by atoms with van der Waals surface area (Å²) < 4.78 is 27.1. The summed E-state index contributed by atoms with van der Waals surface area (Å²) in [6.45, 7) is 2.08. The second-order valence-electron chi connectivity index (χ2n) is 5.23. The summed E-state index contributed by atoms with van der Waals surface area (Å²) in [7, 11) is -3.49. The number of carbonyl (C=O) groups is 1. The van der Waals surface area contributed by atoms with Crippen molar-refractivity contribution in [3.63, 3.8) is 0 Å². The highest BCUT2D eigenvalue weighted by atomic mass is 32.2. The average molecular weight is 365 g/mol. The molecule has 0 bridgehead atoms. The summed E-state index contributed by atoms with van der Waals surface area (Å²) in [5.74, 6) is -0.273. The zero-order valence-electron chi connectivity index (χ0n) is 13.2. The van der Waals surface area contributed by atoms with Crippen LogP contribution in [0.15, 0.2) is 58.3 Å². The lowest BCUT2D eigenvalue weighted by molar-refractivity contribution is -0.136. The molecule has 2 aromatic carbocycles. The van der Waals surface area contributed by atoms with Gasteiger partial charge in [-0.05, 0) is 36.2 Å². The van der Waals surface area contributed by atoms with Gasteiger partial charge in [0.1, 0.15) is 0 Å². The van der Waals surface area contributed by atoms with Gasteiger partial charge in [0.2, 0.25) is 10.0 Å². The van der Waals surface area contributed by atoms with E-state index in [-0.39, 0.29) is 6.42 Å². The van der Waals surface area contributed by atoms with Gasteiger partial charge in [-0.15, -0.1) is 11.8 Å². The maximum absolute atomic E-state index is 12.2. The quantitative estimate of drug-likeness (QED) is 0.555. The highest BCUT2D eigenvalue weighted by Crippen LogP contribution is 2.19. The minimum Gasteiger partial charge on any atom is -0.481 e. The molecule has 0 spiro atoms. The molecule has 0 aliphatic rings. The fourth-order valence-corrected chi connectivity index (χ4v) is 4.33. The van der Waals surface area contributed by atoms with Crippen LogP contribution in [0.1, 0.15) is 11.1 Å². The van der Waals surface area contributed by atoms with E-state index in [9.17, 15) is 13.2 Å². The molecule has 2 N–H and O–H groups in total. The molecule has 128 valence electrons. The first-order valence-electron chi connectivity index (χ1n) is 7.37. The van der Waals surface area contributed by atoms with E-state index >= 15 is 0 Å². The second-order valence-corrected chi connectivity index (χ2v) is 8.13. The fraction of sp³-hybridized carbons (Fsp3) is 0.235. The van der Waals surface area contributed by atoms with E-state index in [0.717, 1.165) is 10.5 Å². The number of aliphatic carboxylic acids is 1. The molecule has 0 atom stereocenters. The Hall–Kier alpha value is -1.83. The van der Waals surface area contributed by atoms with Crippen molar-refractivity contribution in [3.8, 4) is 0 Å². The Morgan fingerprint density at radius 3 is 2.42 bits per heavy atom. The summed E-state index contributed by atoms with van der Waals surface area (Å²) >= 11 is 1.51. The Kier molecular flexibility index (Phi) is 6.42. The van der Waals surface area contributed by atoms with Crippen molar-refractivity contribution in [1.82, 2.24) is 4.72 Å².